The number of carbonyl (C=O) groups is 4. The molecule has 220 valence electrons. The minimum absolute atomic E-state index is 0.0223. The SMILES string of the molecule is CCC(C)CC(=O)Oc1ccc(C[C@](NC(C)CC)(OC(=O)OC(C)C)C(=O)O)cc1OC(=O)CC(C)CC. The molecule has 10 heteroatoms. The second-order valence-electron chi connectivity index (χ2n) is 10.4. The standard InChI is InChI=1S/C29H45NO9/c1-9-19(6)14-25(31)37-23-13-12-22(16-24(23)38-26(32)15-20(7)10-2)17-29(27(33)34,30-21(8)11-3)39-28(35)36-18(4)5/h12-13,16,18-21,30H,9-11,14-15,17H2,1-8H3,(H,33,34)/t19?,20?,21?,29-/m0/s1. The fourth-order valence-corrected chi connectivity index (χ4v) is 3.46. The Morgan fingerprint density at radius 3 is 1.85 bits per heavy atom. The number of rotatable bonds is 16. The molecule has 1 rings (SSSR count). The first-order chi connectivity index (χ1) is 18.2. The van der Waals surface area contributed by atoms with Crippen LogP contribution in [0.3, 0.4) is 0 Å². The first-order valence-electron chi connectivity index (χ1n) is 13.7. The lowest BCUT2D eigenvalue weighted by Gasteiger charge is -2.32. The van der Waals surface area contributed by atoms with E-state index in [0.29, 0.717) is 12.0 Å². The average Bonchev–Trinajstić information content (AvgIpc) is 2.84. The Kier molecular flexibility index (Phi) is 14.0. The first kappa shape index (κ1) is 33.9. The number of carboxylic acids is 1. The molecule has 0 spiro atoms. The van der Waals surface area contributed by atoms with Gasteiger partial charge in [-0.1, -0.05) is 53.5 Å². The zero-order valence-electron chi connectivity index (χ0n) is 24.5. The Bertz CT molecular complexity index is 978. The molecule has 10 nitrogen and oxygen atoms in total. The quantitative estimate of drug-likeness (QED) is 0.151. The summed E-state index contributed by atoms with van der Waals surface area (Å²) < 4.78 is 21.5. The Morgan fingerprint density at radius 1 is 0.846 bits per heavy atom. The maximum Gasteiger partial charge on any atom is 0.510 e. The molecule has 1 aromatic rings. The monoisotopic (exact) mass is 551 g/mol. The summed E-state index contributed by atoms with van der Waals surface area (Å²) >= 11 is 0. The van der Waals surface area contributed by atoms with E-state index < -0.39 is 35.9 Å². The molecule has 3 unspecified atom stereocenters. The normalized spacial score (nSPS) is 15.0. The Labute approximate surface area is 231 Å². The van der Waals surface area contributed by atoms with Crippen LogP contribution >= 0.6 is 0 Å². The van der Waals surface area contributed by atoms with Crippen LogP contribution in [-0.2, 0) is 30.3 Å². The van der Waals surface area contributed by atoms with E-state index in [0.717, 1.165) is 12.8 Å². The predicted molar refractivity (Wildman–Crippen MR) is 146 cm³/mol. The number of aliphatic carboxylic acids is 1. The van der Waals surface area contributed by atoms with Gasteiger partial charge in [0, 0.05) is 25.3 Å². The van der Waals surface area contributed by atoms with Crippen molar-refractivity contribution in [3.8, 4) is 11.5 Å². The molecule has 0 saturated heterocycles. The Hall–Kier alpha value is -3.14. The summed E-state index contributed by atoms with van der Waals surface area (Å²) in [6.45, 7) is 14.6. The van der Waals surface area contributed by atoms with Crippen LogP contribution in [0.1, 0.15) is 93.1 Å². The van der Waals surface area contributed by atoms with Crippen LogP contribution in [-0.4, -0.2) is 47.0 Å². The third kappa shape index (κ3) is 11.6. The number of ether oxygens (including phenoxy) is 4. The molecule has 0 bridgehead atoms. The predicted octanol–water partition coefficient (Wildman–Crippen LogP) is 5.64. The van der Waals surface area contributed by atoms with Gasteiger partial charge in [-0.3, -0.25) is 14.9 Å². The van der Waals surface area contributed by atoms with E-state index >= 15 is 0 Å². The van der Waals surface area contributed by atoms with Gasteiger partial charge in [0.15, 0.2) is 11.5 Å². The minimum Gasteiger partial charge on any atom is -0.477 e. The van der Waals surface area contributed by atoms with E-state index in [4.69, 9.17) is 18.9 Å². The zero-order chi connectivity index (χ0) is 29.8. The van der Waals surface area contributed by atoms with Gasteiger partial charge in [-0.05, 0) is 56.7 Å². The molecule has 0 heterocycles. The largest absolute Gasteiger partial charge is 0.510 e. The Balaban J connectivity index is 3.45. The van der Waals surface area contributed by atoms with Gasteiger partial charge in [0.1, 0.15) is 0 Å². The second-order valence-corrected chi connectivity index (χ2v) is 10.4. The number of carbonyl (C=O) groups excluding carboxylic acids is 3. The minimum atomic E-state index is -2.17. The number of benzene rings is 1. The van der Waals surface area contributed by atoms with Crippen LogP contribution < -0.4 is 14.8 Å². The number of hydrogen-bond donors (Lipinski definition) is 2. The van der Waals surface area contributed by atoms with Crippen molar-refractivity contribution in [2.24, 2.45) is 11.8 Å². The van der Waals surface area contributed by atoms with Crippen LogP contribution in [0.5, 0.6) is 11.5 Å². The molecule has 0 radical (unpaired) electrons. The molecule has 0 saturated carbocycles. The highest BCUT2D eigenvalue weighted by molar-refractivity contribution is 5.81. The van der Waals surface area contributed by atoms with Crippen molar-refractivity contribution in [1.29, 1.82) is 0 Å². The Morgan fingerprint density at radius 2 is 1.38 bits per heavy atom. The van der Waals surface area contributed by atoms with Crippen LogP contribution in [0.15, 0.2) is 18.2 Å². The maximum atomic E-state index is 12.6. The number of carboxylic acid groups (broad SMARTS) is 1. The summed E-state index contributed by atoms with van der Waals surface area (Å²) in [6, 6.07) is 4.07. The lowest BCUT2D eigenvalue weighted by atomic mass is 10.00. The van der Waals surface area contributed by atoms with Crippen LogP contribution in [0.2, 0.25) is 0 Å². The molecule has 0 aliphatic heterocycles. The summed E-state index contributed by atoms with van der Waals surface area (Å²) in [7, 11) is 0. The molecule has 0 aliphatic carbocycles. The van der Waals surface area contributed by atoms with Crippen LogP contribution in [0, 0.1) is 11.8 Å². The van der Waals surface area contributed by atoms with Crippen molar-refractivity contribution in [2.45, 2.75) is 112 Å². The highest BCUT2D eigenvalue weighted by atomic mass is 16.7. The summed E-state index contributed by atoms with van der Waals surface area (Å²) in [5.74, 6) is -2.21. The fraction of sp³-hybridized carbons (Fsp3) is 0.655. The van der Waals surface area contributed by atoms with Gasteiger partial charge < -0.3 is 24.1 Å². The summed E-state index contributed by atoms with van der Waals surface area (Å²) in [5, 5.41) is 13.1. The zero-order valence-corrected chi connectivity index (χ0v) is 24.5. The molecule has 0 fully saturated rings. The van der Waals surface area contributed by atoms with Gasteiger partial charge in [-0.25, -0.2) is 9.59 Å². The van der Waals surface area contributed by atoms with Gasteiger partial charge in [-0.15, -0.1) is 0 Å². The van der Waals surface area contributed by atoms with Gasteiger partial charge >= 0.3 is 24.1 Å². The van der Waals surface area contributed by atoms with E-state index in [2.05, 4.69) is 5.32 Å². The lowest BCUT2D eigenvalue weighted by Crippen LogP contribution is -2.59. The molecule has 39 heavy (non-hydrogen) atoms. The van der Waals surface area contributed by atoms with Gasteiger partial charge in [0.05, 0.1) is 6.10 Å². The van der Waals surface area contributed by atoms with Crippen molar-refractivity contribution in [1.82, 2.24) is 5.32 Å². The smallest absolute Gasteiger partial charge is 0.477 e. The van der Waals surface area contributed by atoms with Crippen molar-refractivity contribution in [2.75, 3.05) is 0 Å². The molecule has 2 N–H and O–H groups in total. The summed E-state index contributed by atoms with van der Waals surface area (Å²) in [6.07, 6.45) is 0.485. The van der Waals surface area contributed by atoms with Crippen molar-refractivity contribution in [3.63, 3.8) is 0 Å². The maximum absolute atomic E-state index is 12.6. The number of hydrogen-bond acceptors (Lipinski definition) is 9. The van der Waals surface area contributed by atoms with Crippen LogP contribution in [0.25, 0.3) is 0 Å². The molecule has 0 amide bonds. The highest BCUT2D eigenvalue weighted by Crippen LogP contribution is 2.32. The summed E-state index contributed by atoms with van der Waals surface area (Å²) in [4.78, 5) is 50.0. The van der Waals surface area contributed by atoms with Crippen molar-refractivity contribution >= 4 is 24.1 Å². The van der Waals surface area contributed by atoms with Gasteiger partial charge in [-0.2, -0.15) is 0 Å². The molecule has 1 aromatic carbocycles. The summed E-state index contributed by atoms with van der Waals surface area (Å²) in [5.41, 5.74) is -1.81. The molecular weight excluding hydrogens is 506 g/mol. The fourth-order valence-electron chi connectivity index (χ4n) is 3.46. The molecular formula is C29H45NO9. The topological polar surface area (TPSA) is 137 Å². The first-order valence-corrected chi connectivity index (χ1v) is 13.7. The number of esters is 2. The lowest BCUT2D eigenvalue weighted by molar-refractivity contribution is -0.167. The third-order valence-corrected chi connectivity index (χ3v) is 6.36. The van der Waals surface area contributed by atoms with Crippen LogP contribution in [0.4, 0.5) is 4.79 Å². The van der Waals surface area contributed by atoms with Gasteiger partial charge in [0.2, 0.25) is 0 Å². The highest BCUT2D eigenvalue weighted by Gasteiger charge is 2.45. The number of nitrogens with one attached hydrogen (secondary N) is 1. The van der Waals surface area contributed by atoms with E-state index in [1.165, 1.54) is 18.2 Å². The van der Waals surface area contributed by atoms with E-state index in [1.54, 1.807) is 20.8 Å². The molecule has 0 aromatic heterocycles. The average molecular weight is 552 g/mol. The molecule has 4 atom stereocenters. The van der Waals surface area contributed by atoms with Crippen molar-refractivity contribution < 1.29 is 43.2 Å². The van der Waals surface area contributed by atoms with Gasteiger partial charge in [0.25, 0.3) is 5.72 Å². The van der Waals surface area contributed by atoms with E-state index in [9.17, 15) is 24.3 Å². The molecule has 0 aliphatic rings. The van der Waals surface area contributed by atoms with Crippen molar-refractivity contribution in [3.05, 3.63) is 23.8 Å². The van der Waals surface area contributed by atoms with E-state index in [1.807, 2.05) is 34.6 Å². The second kappa shape index (κ2) is 16.1. The third-order valence-electron chi connectivity index (χ3n) is 6.36. The van der Waals surface area contributed by atoms with E-state index in [-0.39, 0.29) is 48.6 Å².